The third-order valence-corrected chi connectivity index (χ3v) is 4.04. The zero-order valence-corrected chi connectivity index (χ0v) is 10.2. The lowest BCUT2D eigenvalue weighted by molar-refractivity contribution is -0.144. The van der Waals surface area contributed by atoms with Crippen molar-refractivity contribution in [3.8, 4) is 0 Å². The molecule has 0 saturated carbocycles. The van der Waals surface area contributed by atoms with Crippen molar-refractivity contribution >= 4 is 17.3 Å². The summed E-state index contributed by atoms with van der Waals surface area (Å²) in [7, 11) is 0. The van der Waals surface area contributed by atoms with E-state index in [1.807, 2.05) is 5.38 Å². The van der Waals surface area contributed by atoms with Crippen molar-refractivity contribution in [1.29, 1.82) is 0 Å². The van der Waals surface area contributed by atoms with Crippen LogP contribution in [0.25, 0.3) is 0 Å². The van der Waals surface area contributed by atoms with Crippen LogP contribution in [-0.4, -0.2) is 48.2 Å². The van der Waals surface area contributed by atoms with Crippen molar-refractivity contribution in [3.63, 3.8) is 0 Å². The molecule has 3 rings (SSSR count). The molecule has 5 nitrogen and oxygen atoms in total. The van der Waals surface area contributed by atoms with E-state index in [0.29, 0.717) is 13.2 Å². The number of hydrogen-bond donors (Lipinski definition) is 0. The molecule has 2 aliphatic rings. The fraction of sp³-hybridized carbons (Fsp3) is 0.636. The number of rotatable bonds is 2. The summed E-state index contributed by atoms with van der Waals surface area (Å²) in [5.41, 5.74) is 0. The predicted octanol–water partition coefficient (Wildman–Crippen LogP) is 0.832. The molecule has 0 N–H and O–H groups in total. The van der Waals surface area contributed by atoms with Crippen molar-refractivity contribution in [2.75, 3.05) is 26.3 Å². The summed E-state index contributed by atoms with van der Waals surface area (Å²) in [5, 5.41) is 2.93. The van der Waals surface area contributed by atoms with Crippen LogP contribution in [0.1, 0.15) is 17.5 Å². The molecule has 92 valence electrons. The maximum absolute atomic E-state index is 11.5. The second kappa shape index (κ2) is 4.72. The van der Waals surface area contributed by atoms with Gasteiger partial charge in [0, 0.05) is 31.1 Å². The van der Waals surface area contributed by atoms with Gasteiger partial charge in [-0.2, -0.15) is 0 Å². The molecule has 2 aliphatic heterocycles. The number of carbonyl (C=O) groups excluding carboxylic acids is 1. The van der Waals surface area contributed by atoms with Crippen LogP contribution in [0.4, 0.5) is 0 Å². The zero-order chi connectivity index (χ0) is 11.7. The summed E-state index contributed by atoms with van der Waals surface area (Å²) in [5.74, 6) is -0.0928. The third-order valence-electron chi connectivity index (χ3n) is 3.17. The molecule has 0 radical (unpaired) electrons. The van der Waals surface area contributed by atoms with Crippen LogP contribution in [0.15, 0.2) is 11.6 Å². The molecule has 0 aromatic carbocycles. The molecule has 0 spiro atoms. The van der Waals surface area contributed by atoms with Crippen molar-refractivity contribution in [2.24, 2.45) is 0 Å². The largest absolute Gasteiger partial charge is 0.464 e. The number of ether oxygens (including phenoxy) is 2. The topological polar surface area (TPSA) is 51.7 Å². The predicted molar refractivity (Wildman–Crippen MR) is 61.7 cm³/mol. The van der Waals surface area contributed by atoms with Crippen LogP contribution in [0, 0.1) is 0 Å². The van der Waals surface area contributed by atoms with Gasteiger partial charge in [0.2, 0.25) is 0 Å². The lowest BCUT2D eigenvalue weighted by atomic mass is 10.1. The smallest absolute Gasteiger partial charge is 0.323 e. The van der Waals surface area contributed by atoms with E-state index in [0.717, 1.165) is 24.5 Å². The second-order valence-corrected chi connectivity index (χ2v) is 5.12. The SMILES string of the molecule is O=C1OCC[C@@H]1N1CCO[C@@H](c2nccs2)C1. The molecule has 2 saturated heterocycles. The van der Waals surface area contributed by atoms with E-state index >= 15 is 0 Å². The van der Waals surface area contributed by atoms with E-state index in [2.05, 4.69) is 9.88 Å². The van der Waals surface area contributed by atoms with Gasteiger partial charge in [-0.05, 0) is 0 Å². The van der Waals surface area contributed by atoms with E-state index in [9.17, 15) is 4.79 Å². The van der Waals surface area contributed by atoms with Gasteiger partial charge in [-0.1, -0.05) is 0 Å². The first-order valence-corrected chi connectivity index (χ1v) is 6.64. The molecule has 6 heteroatoms. The van der Waals surface area contributed by atoms with Crippen LogP contribution >= 0.6 is 11.3 Å². The van der Waals surface area contributed by atoms with E-state index in [-0.39, 0.29) is 18.1 Å². The Bertz CT molecular complexity index is 395. The van der Waals surface area contributed by atoms with Crippen molar-refractivity contribution in [2.45, 2.75) is 18.6 Å². The molecule has 0 unspecified atom stereocenters. The van der Waals surface area contributed by atoms with E-state index < -0.39 is 0 Å². The summed E-state index contributed by atoms with van der Waals surface area (Å²) in [6.07, 6.45) is 2.58. The monoisotopic (exact) mass is 254 g/mol. The van der Waals surface area contributed by atoms with Crippen LogP contribution in [0.2, 0.25) is 0 Å². The number of carbonyl (C=O) groups is 1. The van der Waals surface area contributed by atoms with E-state index in [1.54, 1.807) is 17.5 Å². The Kier molecular flexibility index (Phi) is 3.09. The third kappa shape index (κ3) is 2.20. The fourth-order valence-electron chi connectivity index (χ4n) is 2.31. The summed E-state index contributed by atoms with van der Waals surface area (Å²) < 4.78 is 10.7. The van der Waals surface area contributed by atoms with Gasteiger partial charge in [0.15, 0.2) is 0 Å². The van der Waals surface area contributed by atoms with Gasteiger partial charge >= 0.3 is 5.97 Å². The number of nitrogens with zero attached hydrogens (tertiary/aromatic N) is 2. The van der Waals surface area contributed by atoms with Crippen LogP contribution in [0.5, 0.6) is 0 Å². The molecule has 2 fully saturated rings. The van der Waals surface area contributed by atoms with Gasteiger partial charge in [-0.3, -0.25) is 9.69 Å². The number of cyclic esters (lactones) is 1. The van der Waals surface area contributed by atoms with Gasteiger partial charge in [-0.15, -0.1) is 11.3 Å². The molecule has 3 heterocycles. The number of esters is 1. The molecule has 0 aliphatic carbocycles. The highest BCUT2D eigenvalue weighted by Gasteiger charge is 2.36. The van der Waals surface area contributed by atoms with E-state index in [4.69, 9.17) is 9.47 Å². The Morgan fingerprint density at radius 3 is 3.12 bits per heavy atom. The first-order chi connectivity index (χ1) is 8.34. The highest BCUT2D eigenvalue weighted by Crippen LogP contribution is 2.26. The molecule has 0 amide bonds. The minimum Gasteiger partial charge on any atom is -0.464 e. The first-order valence-electron chi connectivity index (χ1n) is 5.76. The molecular weight excluding hydrogens is 240 g/mol. The summed E-state index contributed by atoms with van der Waals surface area (Å²) >= 11 is 1.60. The van der Waals surface area contributed by atoms with Crippen LogP contribution in [-0.2, 0) is 14.3 Å². The maximum Gasteiger partial charge on any atom is 0.323 e. The Morgan fingerprint density at radius 2 is 2.41 bits per heavy atom. The van der Waals surface area contributed by atoms with Crippen LogP contribution < -0.4 is 0 Å². The molecule has 0 bridgehead atoms. The average molecular weight is 254 g/mol. The Hall–Kier alpha value is -0.980. The number of aromatic nitrogens is 1. The Morgan fingerprint density at radius 1 is 1.47 bits per heavy atom. The van der Waals surface area contributed by atoms with Gasteiger partial charge < -0.3 is 9.47 Å². The first kappa shape index (κ1) is 11.1. The quantitative estimate of drug-likeness (QED) is 0.732. The van der Waals surface area contributed by atoms with Gasteiger partial charge in [0.1, 0.15) is 17.2 Å². The summed E-state index contributed by atoms with van der Waals surface area (Å²) in [4.78, 5) is 18.0. The average Bonchev–Trinajstić information content (AvgIpc) is 2.99. The lowest BCUT2D eigenvalue weighted by Crippen LogP contribution is -2.46. The molecule has 1 aromatic heterocycles. The van der Waals surface area contributed by atoms with Gasteiger partial charge in [0.05, 0.1) is 13.2 Å². The van der Waals surface area contributed by atoms with E-state index in [1.165, 1.54) is 0 Å². The lowest BCUT2D eigenvalue weighted by Gasteiger charge is -2.34. The minimum absolute atomic E-state index is 0.00264. The highest BCUT2D eigenvalue weighted by atomic mass is 32.1. The van der Waals surface area contributed by atoms with Crippen molar-refractivity contribution in [1.82, 2.24) is 9.88 Å². The van der Waals surface area contributed by atoms with Crippen molar-refractivity contribution < 1.29 is 14.3 Å². The molecule has 17 heavy (non-hydrogen) atoms. The molecule has 2 atom stereocenters. The molecular formula is C11H14N2O3S. The van der Waals surface area contributed by atoms with Gasteiger partial charge in [0.25, 0.3) is 0 Å². The normalized spacial score (nSPS) is 30.5. The van der Waals surface area contributed by atoms with Gasteiger partial charge in [-0.25, -0.2) is 4.98 Å². The number of thiazole rings is 1. The van der Waals surface area contributed by atoms with Crippen LogP contribution in [0.3, 0.4) is 0 Å². The fourth-order valence-corrected chi connectivity index (χ4v) is 2.99. The molecule has 1 aromatic rings. The maximum atomic E-state index is 11.5. The number of hydrogen-bond acceptors (Lipinski definition) is 6. The zero-order valence-electron chi connectivity index (χ0n) is 9.37. The number of morpholine rings is 1. The standard InChI is InChI=1S/C11H14N2O3S/c14-11-8(1-4-16-11)13-3-5-15-9(7-13)10-12-2-6-17-10/h2,6,8-9H,1,3-5,7H2/t8-,9+/m0/s1. The summed E-state index contributed by atoms with van der Waals surface area (Å²) in [6, 6.07) is -0.0821. The van der Waals surface area contributed by atoms with Crippen molar-refractivity contribution in [3.05, 3.63) is 16.6 Å². The summed E-state index contributed by atoms with van der Waals surface area (Å²) in [6.45, 7) is 2.71. The Balaban J connectivity index is 1.69. The Labute approximate surface area is 103 Å². The second-order valence-electron chi connectivity index (χ2n) is 4.20. The highest BCUT2D eigenvalue weighted by molar-refractivity contribution is 7.09. The minimum atomic E-state index is -0.0928.